The Balaban J connectivity index is 1.30. The molecule has 2 fully saturated rings. The molecule has 3 N–H and O–H groups in total. The maximum absolute atomic E-state index is 13.4. The minimum absolute atomic E-state index is 0.00222. The number of aliphatic hydroxyl groups excluding tert-OH is 1. The molecule has 2 atom stereocenters. The number of alkyl carbamates (subject to hydrolysis) is 1. The largest absolute Gasteiger partial charge is 0.445 e. The van der Waals surface area contributed by atoms with Crippen LogP contribution in [0, 0.1) is 5.92 Å². The van der Waals surface area contributed by atoms with E-state index in [1.54, 1.807) is 18.2 Å². The summed E-state index contributed by atoms with van der Waals surface area (Å²) in [6.07, 6.45) is 8.51. The van der Waals surface area contributed by atoms with Gasteiger partial charge in [0.15, 0.2) is 0 Å². The van der Waals surface area contributed by atoms with Crippen molar-refractivity contribution in [1.29, 1.82) is 0 Å². The summed E-state index contributed by atoms with van der Waals surface area (Å²) in [5.74, 6) is -0.0506. The quantitative estimate of drug-likeness (QED) is 0.270. The minimum atomic E-state index is -0.798. The van der Waals surface area contributed by atoms with Crippen molar-refractivity contribution in [3.05, 3.63) is 70.7 Å². The monoisotopic (exact) mass is 597 g/mol. The van der Waals surface area contributed by atoms with Gasteiger partial charge in [-0.05, 0) is 61.3 Å². The van der Waals surface area contributed by atoms with E-state index in [4.69, 9.17) is 16.3 Å². The molecule has 0 heterocycles. The third kappa shape index (κ3) is 9.46. The molecule has 4 rings (SSSR count). The number of carbonyl (C=O) groups is 3. The minimum Gasteiger partial charge on any atom is -0.445 e. The zero-order valence-corrected chi connectivity index (χ0v) is 25.3. The first-order chi connectivity index (χ1) is 20.3. The van der Waals surface area contributed by atoms with E-state index in [1.165, 1.54) is 12.0 Å². The Labute approximate surface area is 254 Å². The number of ether oxygens (including phenoxy) is 1. The second-order valence-electron chi connectivity index (χ2n) is 11.9. The van der Waals surface area contributed by atoms with Crippen LogP contribution < -0.4 is 10.6 Å². The van der Waals surface area contributed by atoms with Crippen molar-refractivity contribution in [3.8, 4) is 0 Å². The Morgan fingerprint density at radius 2 is 1.74 bits per heavy atom. The fourth-order valence-corrected chi connectivity index (χ4v) is 6.15. The molecule has 0 bridgehead atoms. The molecule has 2 aromatic rings. The predicted octanol–water partition coefficient (Wildman–Crippen LogP) is 5.40. The first kappa shape index (κ1) is 31.8. The van der Waals surface area contributed by atoms with Crippen LogP contribution in [0.15, 0.2) is 54.6 Å². The highest BCUT2D eigenvalue weighted by Crippen LogP contribution is 2.44. The molecule has 8 nitrogen and oxygen atoms in total. The van der Waals surface area contributed by atoms with Gasteiger partial charge in [0, 0.05) is 24.0 Å². The van der Waals surface area contributed by atoms with Crippen molar-refractivity contribution < 1.29 is 24.2 Å². The lowest BCUT2D eigenvalue weighted by molar-refractivity contribution is -0.133. The fraction of sp³-hybridized carbons (Fsp3) is 0.545. The molecule has 9 heteroatoms. The van der Waals surface area contributed by atoms with E-state index < -0.39 is 18.2 Å². The van der Waals surface area contributed by atoms with Gasteiger partial charge in [-0.3, -0.25) is 9.59 Å². The number of nitrogens with zero attached hydrogens (tertiary/aromatic N) is 1. The molecule has 0 aromatic heterocycles. The van der Waals surface area contributed by atoms with E-state index in [9.17, 15) is 19.5 Å². The summed E-state index contributed by atoms with van der Waals surface area (Å²) in [4.78, 5) is 41.0. The van der Waals surface area contributed by atoms with Gasteiger partial charge in [-0.25, -0.2) is 4.79 Å². The lowest BCUT2D eigenvalue weighted by atomic mass is 9.84. The van der Waals surface area contributed by atoms with Crippen molar-refractivity contribution in [2.24, 2.45) is 5.92 Å². The SMILES string of the molecule is CN(C(=O)CC[C@@H](CO)NC(=O)[C@H](CC1CCCCC1)NC(=O)OCc1cccc(Cl)c1)C1(Cc2ccccc2)CC1. The highest BCUT2D eigenvalue weighted by atomic mass is 35.5. The summed E-state index contributed by atoms with van der Waals surface area (Å²) in [5, 5.41) is 16.2. The van der Waals surface area contributed by atoms with Crippen LogP contribution in [0.5, 0.6) is 0 Å². The lowest BCUT2D eigenvalue weighted by Crippen LogP contribution is -2.51. The number of benzene rings is 2. The Hall–Kier alpha value is -3.10. The molecule has 2 aliphatic rings. The van der Waals surface area contributed by atoms with Gasteiger partial charge in [0.05, 0.1) is 12.6 Å². The molecule has 3 amide bonds. The first-order valence-corrected chi connectivity index (χ1v) is 15.6. The van der Waals surface area contributed by atoms with Gasteiger partial charge < -0.3 is 25.4 Å². The summed E-state index contributed by atoms with van der Waals surface area (Å²) in [6.45, 7) is -0.266. The molecule has 228 valence electrons. The average molecular weight is 598 g/mol. The van der Waals surface area contributed by atoms with E-state index in [2.05, 4.69) is 22.8 Å². The molecular weight excluding hydrogens is 554 g/mol. The number of amides is 3. The molecule has 42 heavy (non-hydrogen) atoms. The molecule has 2 aliphatic carbocycles. The number of aliphatic hydroxyl groups is 1. The predicted molar refractivity (Wildman–Crippen MR) is 163 cm³/mol. The summed E-state index contributed by atoms with van der Waals surface area (Å²) < 4.78 is 5.38. The maximum atomic E-state index is 13.4. The molecule has 0 aliphatic heterocycles. The molecule has 0 unspecified atom stereocenters. The Morgan fingerprint density at radius 1 is 1.02 bits per heavy atom. The third-order valence-corrected chi connectivity index (χ3v) is 8.96. The number of likely N-dealkylation sites (N-methyl/N-ethyl adjacent to an activating group) is 1. The zero-order chi connectivity index (χ0) is 30.0. The lowest BCUT2D eigenvalue weighted by Gasteiger charge is -2.30. The van der Waals surface area contributed by atoms with E-state index in [1.807, 2.05) is 36.2 Å². The Bertz CT molecular complexity index is 1180. The van der Waals surface area contributed by atoms with Crippen molar-refractivity contribution >= 4 is 29.5 Å². The van der Waals surface area contributed by atoms with Gasteiger partial charge in [0.2, 0.25) is 11.8 Å². The van der Waals surface area contributed by atoms with Crippen LogP contribution in [0.25, 0.3) is 0 Å². The van der Waals surface area contributed by atoms with Crippen molar-refractivity contribution in [3.63, 3.8) is 0 Å². The van der Waals surface area contributed by atoms with E-state index >= 15 is 0 Å². The van der Waals surface area contributed by atoms with Gasteiger partial charge in [-0.1, -0.05) is 86.2 Å². The number of rotatable bonds is 14. The van der Waals surface area contributed by atoms with Crippen molar-refractivity contribution in [1.82, 2.24) is 15.5 Å². The number of nitrogens with one attached hydrogen (secondary N) is 2. The van der Waals surface area contributed by atoms with Gasteiger partial charge >= 0.3 is 6.09 Å². The highest BCUT2D eigenvalue weighted by molar-refractivity contribution is 6.30. The molecule has 2 saturated carbocycles. The average Bonchev–Trinajstić information content (AvgIpc) is 3.78. The molecular formula is C33H44ClN3O5. The van der Waals surface area contributed by atoms with Crippen LogP contribution in [-0.4, -0.2) is 59.2 Å². The number of carbonyl (C=O) groups excluding carboxylic acids is 3. The van der Waals surface area contributed by atoms with Crippen molar-refractivity contribution in [2.45, 2.75) is 94.9 Å². The second-order valence-corrected chi connectivity index (χ2v) is 12.3. The smallest absolute Gasteiger partial charge is 0.408 e. The van der Waals surface area contributed by atoms with Crippen LogP contribution in [0.2, 0.25) is 5.02 Å². The highest BCUT2D eigenvalue weighted by Gasteiger charge is 2.48. The standard InChI is InChI=1S/C33H44ClN3O5/c1-37(33(17-18-33)21-25-11-6-3-7-12-25)30(39)16-15-28(22-38)35-31(40)29(20-24-9-4-2-5-10-24)36-32(41)42-23-26-13-8-14-27(34)19-26/h3,6-8,11-14,19,24,28-29,38H,2,4-5,9-10,15-18,20-23H2,1H3,(H,35,40)(H,36,41)/t28-,29-/m0/s1. The zero-order valence-electron chi connectivity index (χ0n) is 24.5. The van der Waals surface area contributed by atoms with Crippen molar-refractivity contribution in [2.75, 3.05) is 13.7 Å². The van der Waals surface area contributed by atoms with Crippen LogP contribution >= 0.6 is 11.6 Å². The number of halogens is 1. The first-order valence-electron chi connectivity index (χ1n) is 15.2. The van der Waals surface area contributed by atoms with Gasteiger partial charge in [0.1, 0.15) is 12.6 Å². The summed E-state index contributed by atoms with van der Waals surface area (Å²) >= 11 is 6.02. The molecule has 0 radical (unpaired) electrons. The fourth-order valence-electron chi connectivity index (χ4n) is 5.94. The maximum Gasteiger partial charge on any atom is 0.408 e. The van der Waals surface area contributed by atoms with Crippen LogP contribution in [0.3, 0.4) is 0 Å². The van der Waals surface area contributed by atoms with Crippen LogP contribution in [0.1, 0.15) is 75.3 Å². The van der Waals surface area contributed by atoms with Gasteiger partial charge in [-0.2, -0.15) is 0 Å². The molecule has 2 aromatic carbocycles. The summed E-state index contributed by atoms with van der Waals surface area (Å²) in [6, 6.07) is 15.8. The Kier molecular flexibility index (Phi) is 11.7. The van der Waals surface area contributed by atoms with Gasteiger partial charge in [0.25, 0.3) is 0 Å². The van der Waals surface area contributed by atoms with Crippen LogP contribution in [0.4, 0.5) is 4.79 Å². The van der Waals surface area contributed by atoms with Gasteiger partial charge in [-0.15, -0.1) is 0 Å². The van der Waals surface area contributed by atoms with E-state index in [-0.39, 0.29) is 37.0 Å². The van der Waals surface area contributed by atoms with Crippen LogP contribution in [-0.2, 0) is 27.4 Å². The second kappa shape index (κ2) is 15.4. The third-order valence-electron chi connectivity index (χ3n) is 8.72. The molecule has 0 spiro atoms. The number of hydrogen-bond donors (Lipinski definition) is 3. The molecule has 0 saturated heterocycles. The topological polar surface area (TPSA) is 108 Å². The number of hydrogen-bond acceptors (Lipinski definition) is 5. The van der Waals surface area contributed by atoms with E-state index in [0.29, 0.717) is 23.8 Å². The summed E-state index contributed by atoms with van der Waals surface area (Å²) in [5.41, 5.74) is 1.80. The summed E-state index contributed by atoms with van der Waals surface area (Å²) in [7, 11) is 1.85. The van der Waals surface area contributed by atoms with E-state index in [0.717, 1.165) is 50.5 Å². The normalized spacial score (nSPS) is 17.5. The Morgan fingerprint density at radius 3 is 2.40 bits per heavy atom.